The number of benzene rings is 2. The summed E-state index contributed by atoms with van der Waals surface area (Å²) in [4.78, 5) is 79.8. The lowest BCUT2D eigenvalue weighted by molar-refractivity contribution is -0.169. The highest BCUT2D eigenvalue weighted by atomic mass is 35.5. The first-order chi connectivity index (χ1) is 29.7. The van der Waals surface area contributed by atoms with Crippen molar-refractivity contribution in [3.8, 4) is 11.5 Å². The fourth-order valence-corrected chi connectivity index (χ4v) is 11.1. The Morgan fingerprint density at radius 1 is 0.723 bits per heavy atom. The highest BCUT2D eigenvalue weighted by Crippen LogP contribution is 2.58. The molecule has 2 aromatic carbocycles. The molecular weight excluding hydrogens is 880 g/mol. The molecule has 8 rings (SSSR count). The molecule has 65 heavy (non-hydrogen) atoms. The molecule has 348 valence electrons. The van der Waals surface area contributed by atoms with Crippen molar-refractivity contribution >= 4 is 58.1 Å². The van der Waals surface area contributed by atoms with E-state index in [2.05, 4.69) is 0 Å². The Labute approximate surface area is 373 Å². The van der Waals surface area contributed by atoms with Crippen LogP contribution in [0.1, 0.15) is 47.6 Å². The van der Waals surface area contributed by atoms with Gasteiger partial charge in [-0.15, -0.1) is 0 Å². The molecule has 2 saturated carbocycles. The molecule has 0 spiro atoms. The first kappa shape index (κ1) is 48.3. The van der Waals surface area contributed by atoms with E-state index < -0.39 is 151 Å². The fraction of sp³-hybridized carbons (Fsp3) is 0.395. The number of aliphatic hydroxyl groups excluding tert-OH is 6. The first-order valence-corrected chi connectivity index (χ1v) is 20.1. The molecule has 0 saturated heterocycles. The van der Waals surface area contributed by atoms with Gasteiger partial charge < -0.3 is 68.0 Å². The molecule has 22 heteroatoms. The average molecular weight is 927 g/mol. The number of Topliss-reactive ketones (excluding diaryl/α,β-unsaturated/α-hetero) is 4. The summed E-state index contributed by atoms with van der Waals surface area (Å²) in [6.07, 6.45) is -3.29. The van der Waals surface area contributed by atoms with Crippen LogP contribution in [0, 0.1) is 23.7 Å². The number of amides is 2. The van der Waals surface area contributed by atoms with E-state index >= 15 is 0 Å². The number of primary amides is 2. The molecule has 0 aromatic heterocycles. The third-order valence-corrected chi connectivity index (χ3v) is 14.0. The van der Waals surface area contributed by atoms with Crippen molar-refractivity contribution in [3.63, 3.8) is 0 Å². The Bertz CT molecular complexity index is 2650. The molecule has 0 unspecified atom stereocenters. The van der Waals surface area contributed by atoms with Crippen molar-refractivity contribution in [2.45, 2.75) is 54.8 Å². The number of hydrogen-bond donors (Lipinski definition) is 12. The molecule has 6 aliphatic rings. The van der Waals surface area contributed by atoms with Gasteiger partial charge in [-0.1, -0.05) is 30.7 Å². The van der Waals surface area contributed by atoms with E-state index in [1.165, 1.54) is 56.2 Å². The van der Waals surface area contributed by atoms with Crippen molar-refractivity contribution < 1.29 is 85.3 Å². The monoisotopic (exact) mass is 926 g/mol. The number of aromatic hydroxyl groups is 2. The maximum Gasteiger partial charge on any atom is 0.255 e. The standard InChI is InChI=1S/C22H24N2O8.C21H21ClN2O8.H2O/c1-7-8-5-4-6-9(25)11(8)16(26)12-10(7)17(27)14-15(24(2)3)18(28)13(21(23)31)20(30)22(14,32)19(12)29;1-24(2)14-7-5-6-10(16(27)12-9(25)4-3-8(22)11(12)15(6)26)18(29)21(7,32)19(30)13(17(14)28)20(23)31;/h4-7,10,14-15,17,25-27,30,32H,1-3H3,(H2,23,31);3-4,6-7,14-15,25-27,30,32H,5H2,1-2H3,(H2,23,31);1H2/t7-,10+,14+,15-,17-,22-;6-,7-,14-,15-,21-;/m00./s1. The van der Waals surface area contributed by atoms with Crippen LogP contribution >= 0.6 is 11.6 Å². The Kier molecular flexibility index (Phi) is 11.9. The number of aliphatic hydroxyl groups is 8. The fourth-order valence-electron chi connectivity index (χ4n) is 10.8. The van der Waals surface area contributed by atoms with E-state index in [1.807, 2.05) is 0 Å². The number of hydrogen-bond acceptors (Lipinski definition) is 18. The number of phenols is 2. The molecule has 0 bridgehead atoms. The third-order valence-electron chi connectivity index (χ3n) is 13.6. The van der Waals surface area contributed by atoms with Crippen LogP contribution in [-0.2, 0) is 28.8 Å². The van der Waals surface area contributed by atoms with Crippen molar-refractivity contribution in [3.05, 3.63) is 91.4 Å². The second-order valence-corrected chi connectivity index (χ2v) is 17.7. The number of halogens is 1. The Morgan fingerprint density at radius 3 is 1.75 bits per heavy atom. The summed E-state index contributed by atoms with van der Waals surface area (Å²) >= 11 is 6.19. The normalized spacial score (nSPS) is 32.7. The summed E-state index contributed by atoms with van der Waals surface area (Å²) in [5.41, 5.74) is 2.31. The SMILES string of the molecule is CN(C)[C@@H]1C(=O)C(C(N)=O)=C(O)[C@@]2(O)C(=O)C3=C(O)c4c(O)ccc(Cl)c4[C@@H](O)[C@H]3C[C@@H]12.C[C@H]1c2cccc(O)c2C(O)=C2C(=O)[C@]3(O)C(O)=C(C(N)=O)C(=O)[C@@H](N(C)C)[C@@H]3[C@@H](O)[C@@H]21.O. The number of carbonyl (C=O) groups is 6. The third kappa shape index (κ3) is 6.32. The van der Waals surface area contributed by atoms with Gasteiger partial charge >= 0.3 is 0 Å². The highest BCUT2D eigenvalue weighted by Gasteiger charge is 2.69. The van der Waals surface area contributed by atoms with Gasteiger partial charge in [0, 0.05) is 39.5 Å². The van der Waals surface area contributed by atoms with Crippen LogP contribution in [0.25, 0.3) is 11.5 Å². The quantitative estimate of drug-likeness (QED) is 0.160. The smallest absolute Gasteiger partial charge is 0.255 e. The molecule has 11 atom stereocenters. The Hall–Kier alpha value is -6.17. The number of ketones is 4. The summed E-state index contributed by atoms with van der Waals surface area (Å²) in [5.74, 6) is -17.1. The average Bonchev–Trinajstić information content (AvgIpc) is 3.20. The predicted octanol–water partition coefficient (Wildman–Crippen LogP) is -1.22. The van der Waals surface area contributed by atoms with Crippen molar-refractivity contribution in [2.75, 3.05) is 28.2 Å². The van der Waals surface area contributed by atoms with Gasteiger partial charge in [-0.3, -0.25) is 38.6 Å². The minimum absolute atomic E-state index is 0. The largest absolute Gasteiger partial charge is 0.508 e. The zero-order chi connectivity index (χ0) is 47.7. The van der Waals surface area contributed by atoms with Crippen LogP contribution in [0.5, 0.6) is 11.5 Å². The first-order valence-electron chi connectivity index (χ1n) is 19.7. The van der Waals surface area contributed by atoms with Gasteiger partial charge in [0.05, 0.1) is 41.3 Å². The number of likely N-dealkylation sites (N-methyl/N-ethyl adjacent to an activating group) is 2. The van der Waals surface area contributed by atoms with Crippen molar-refractivity contribution in [2.24, 2.45) is 35.1 Å². The van der Waals surface area contributed by atoms with Crippen LogP contribution in [0.2, 0.25) is 5.02 Å². The second-order valence-electron chi connectivity index (χ2n) is 17.3. The number of carbonyl (C=O) groups excluding carboxylic acids is 6. The zero-order valence-corrected chi connectivity index (χ0v) is 35.9. The number of fused-ring (bicyclic) bond motifs is 6. The summed E-state index contributed by atoms with van der Waals surface area (Å²) in [6, 6.07) is 4.38. The zero-order valence-electron chi connectivity index (χ0n) is 35.1. The number of nitrogens with two attached hydrogens (primary N) is 2. The van der Waals surface area contributed by atoms with Crippen LogP contribution in [-0.4, -0.2) is 159 Å². The van der Waals surface area contributed by atoms with Crippen LogP contribution < -0.4 is 11.5 Å². The second kappa shape index (κ2) is 16.1. The minimum Gasteiger partial charge on any atom is -0.508 e. The van der Waals surface area contributed by atoms with E-state index in [0.29, 0.717) is 5.56 Å². The van der Waals surface area contributed by atoms with E-state index in [-0.39, 0.29) is 39.4 Å². The molecule has 6 aliphatic carbocycles. The number of phenolic OH excluding ortho intramolecular Hbond substituents is 2. The molecule has 21 nitrogen and oxygen atoms in total. The van der Waals surface area contributed by atoms with Gasteiger partial charge in [0.25, 0.3) is 11.8 Å². The van der Waals surface area contributed by atoms with Gasteiger partial charge in [-0.25, -0.2) is 0 Å². The summed E-state index contributed by atoms with van der Waals surface area (Å²) in [7, 11) is 5.89. The molecule has 0 radical (unpaired) electrons. The summed E-state index contributed by atoms with van der Waals surface area (Å²) in [5, 5.41) is 109. The van der Waals surface area contributed by atoms with Gasteiger partial charge in [-0.05, 0) is 64.3 Å². The minimum atomic E-state index is -2.89. The maximum atomic E-state index is 13.7. The number of rotatable bonds is 4. The molecule has 2 aromatic rings. The van der Waals surface area contributed by atoms with Crippen molar-refractivity contribution in [1.82, 2.24) is 9.80 Å². The lowest BCUT2D eigenvalue weighted by atomic mass is 9.54. The van der Waals surface area contributed by atoms with Crippen LogP contribution in [0.4, 0.5) is 0 Å². The molecular formula is C43H47ClN4O17. The topological polar surface area (TPSA) is 395 Å². The summed E-state index contributed by atoms with van der Waals surface area (Å²) < 4.78 is 0. The van der Waals surface area contributed by atoms with Gasteiger partial charge in [0.1, 0.15) is 45.7 Å². The molecule has 2 amide bonds. The van der Waals surface area contributed by atoms with Crippen LogP contribution in [0.15, 0.2) is 64.1 Å². The van der Waals surface area contributed by atoms with E-state index in [9.17, 15) is 79.8 Å². The van der Waals surface area contributed by atoms with Crippen LogP contribution in [0.3, 0.4) is 0 Å². The van der Waals surface area contributed by atoms with Gasteiger partial charge in [0.2, 0.25) is 11.6 Å². The van der Waals surface area contributed by atoms with E-state index in [4.69, 9.17) is 23.1 Å². The molecule has 0 heterocycles. The lowest BCUT2D eigenvalue weighted by Gasteiger charge is -2.53. The van der Waals surface area contributed by atoms with E-state index in [0.717, 1.165) is 0 Å². The Morgan fingerprint density at radius 2 is 1.22 bits per heavy atom. The van der Waals surface area contributed by atoms with Crippen molar-refractivity contribution in [1.29, 1.82) is 0 Å². The van der Waals surface area contributed by atoms with Gasteiger partial charge in [-0.2, -0.15) is 0 Å². The number of nitrogens with zero attached hydrogens (tertiary/aromatic N) is 2. The lowest BCUT2D eigenvalue weighted by Crippen LogP contribution is -2.70. The van der Waals surface area contributed by atoms with Gasteiger partial charge in [0.15, 0.2) is 22.8 Å². The molecule has 2 fully saturated rings. The highest BCUT2D eigenvalue weighted by molar-refractivity contribution is 6.32. The maximum absolute atomic E-state index is 13.7. The Balaban J connectivity index is 0.000000212. The predicted molar refractivity (Wildman–Crippen MR) is 224 cm³/mol. The molecule has 0 aliphatic heterocycles. The summed E-state index contributed by atoms with van der Waals surface area (Å²) in [6.45, 7) is 1.68. The van der Waals surface area contributed by atoms with E-state index in [1.54, 1.807) is 19.1 Å². The molecule has 16 N–H and O–H groups in total.